The summed E-state index contributed by atoms with van der Waals surface area (Å²) >= 11 is 0. The van der Waals surface area contributed by atoms with Crippen molar-refractivity contribution in [3.05, 3.63) is 23.8 Å². The molecule has 124 valence electrons. The second kappa shape index (κ2) is 6.60. The van der Waals surface area contributed by atoms with E-state index in [1.807, 2.05) is 32.0 Å². The van der Waals surface area contributed by atoms with Crippen LogP contribution in [0.1, 0.15) is 57.4 Å². The maximum absolute atomic E-state index is 12.2. The second-order valence-electron chi connectivity index (χ2n) is 6.95. The lowest BCUT2D eigenvalue weighted by molar-refractivity contribution is -0.117. The van der Waals surface area contributed by atoms with Gasteiger partial charge in [-0.15, -0.1) is 0 Å². The Morgan fingerprint density at radius 1 is 1.22 bits per heavy atom. The van der Waals surface area contributed by atoms with E-state index in [1.165, 1.54) is 19.3 Å². The van der Waals surface area contributed by atoms with Gasteiger partial charge in [0.05, 0.1) is 5.92 Å². The van der Waals surface area contributed by atoms with E-state index in [9.17, 15) is 9.59 Å². The molecule has 1 saturated carbocycles. The van der Waals surface area contributed by atoms with Crippen LogP contribution in [-0.4, -0.2) is 18.0 Å². The van der Waals surface area contributed by atoms with Gasteiger partial charge in [-0.1, -0.05) is 33.1 Å². The normalized spacial score (nSPS) is 21.0. The van der Waals surface area contributed by atoms with Crippen LogP contribution in [0.2, 0.25) is 0 Å². The highest BCUT2D eigenvalue weighted by molar-refractivity contribution is 6.04. The number of urea groups is 1. The lowest BCUT2D eigenvalue weighted by atomic mass is 9.89. The molecule has 0 bridgehead atoms. The number of amides is 3. The SMILES string of the molecule is CC(C)C1C(=O)Nc2ccc(NC(=O)NC3CCCCC3)cc21. The lowest BCUT2D eigenvalue weighted by Crippen LogP contribution is -2.39. The Hall–Kier alpha value is -2.04. The molecule has 0 spiro atoms. The minimum atomic E-state index is -0.157. The number of carbonyl (C=O) groups is 2. The molecule has 1 aromatic rings. The summed E-state index contributed by atoms with van der Waals surface area (Å²) in [5.41, 5.74) is 2.56. The standard InChI is InChI=1S/C18H25N3O2/c1-11(2)16-14-10-13(8-9-15(14)21-17(16)22)20-18(23)19-12-6-4-3-5-7-12/h8-12,16H,3-7H2,1-2H3,(H,21,22)(H2,19,20,23). The Morgan fingerprint density at radius 3 is 2.65 bits per heavy atom. The van der Waals surface area contributed by atoms with Crippen molar-refractivity contribution in [2.24, 2.45) is 5.92 Å². The summed E-state index contributed by atoms with van der Waals surface area (Å²) in [4.78, 5) is 24.2. The maximum Gasteiger partial charge on any atom is 0.319 e. The van der Waals surface area contributed by atoms with Crippen molar-refractivity contribution in [3.8, 4) is 0 Å². The number of hydrogen-bond donors (Lipinski definition) is 3. The van der Waals surface area contributed by atoms with Gasteiger partial charge in [-0.2, -0.15) is 0 Å². The largest absolute Gasteiger partial charge is 0.335 e. The average Bonchev–Trinajstić information content (AvgIpc) is 2.83. The van der Waals surface area contributed by atoms with Crippen LogP contribution in [0.3, 0.4) is 0 Å². The van der Waals surface area contributed by atoms with Crippen LogP contribution in [0.25, 0.3) is 0 Å². The summed E-state index contributed by atoms with van der Waals surface area (Å²) in [6, 6.07) is 5.74. The third-order valence-corrected chi connectivity index (χ3v) is 4.79. The van der Waals surface area contributed by atoms with Crippen LogP contribution in [0.15, 0.2) is 18.2 Å². The average molecular weight is 315 g/mol. The van der Waals surface area contributed by atoms with Crippen molar-refractivity contribution in [2.75, 3.05) is 10.6 Å². The Kier molecular flexibility index (Phi) is 4.55. The Labute approximate surface area is 137 Å². The lowest BCUT2D eigenvalue weighted by Gasteiger charge is -2.23. The zero-order valence-electron chi connectivity index (χ0n) is 13.8. The molecule has 0 aromatic heterocycles. The first-order chi connectivity index (χ1) is 11.0. The van der Waals surface area contributed by atoms with Gasteiger partial charge in [-0.25, -0.2) is 4.79 Å². The number of rotatable bonds is 3. The van der Waals surface area contributed by atoms with Gasteiger partial charge in [0.2, 0.25) is 5.91 Å². The molecule has 0 radical (unpaired) electrons. The minimum Gasteiger partial charge on any atom is -0.335 e. The topological polar surface area (TPSA) is 70.2 Å². The van der Waals surface area contributed by atoms with Crippen LogP contribution in [0, 0.1) is 5.92 Å². The van der Waals surface area contributed by atoms with Gasteiger partial charge in [0.15, 0.2) is 0 Å². The minimum absolute atomic E-state index is 0.0406. The summed E-state index contributed by atoms with van der Waals surface area (Å²) in [5, 5.41) is 8.86. The van der Waals surface area contributed by atoms with E-state index >= 15 is 0 Å². The number of nitrogens with one attached hydrogen (secondary N) is 3. The Balaban J connectivity index is 1.67. The van der Waals surface area contributed by atoms with E-state index in [-0.39, 0.29) is 29.8 Å². The molecule has 1 unspecified atom stereocenters. The summed E-state index contributed by atoms with van der Waals surface area (Å²) in [5.74, 6) is 0.120. The second-order valence-corrected chi connectivity index (χ2v) is 6.95. The van der Waals surface area contributed by atoms with E-state index in [0.717, 1.165) is 29.8 Å². The molecule has 23 heavy (non-hydrogen) atoms. The fourth-order valence-electron chi connectivity index (χ4n) is 3.62. The smallest absolute Gasteiger partial charge is 0.319 e. The number of hydrogen-bond acceptors (Lipinski definition) is 2. The van der Waals surface area contributed by atoms with Gasteiger partial charge in [0.1, 0.15) is 0 Å². The molecule has 5 heteroatoms. The van der Waals surface area contributed by atoms with Gasteiger partial charge in [0.25, 0.3) is 0 Å². The van der Waals surface area contributed by atoms with Gasteiger partial charge in [-0.3, -0.25) is 4.79 Å². The maximum atomic E-state index is 12.2. The summed E-state index contributed by atoms with van der Waals surface area (Å²) < 4.78 is 0. The molecule has 3 rings (SSSR count). The van der Waals surface area contributed by atoms with Crippen LogP contribution in [0.5, 0.6) is 0 Å². The predicted octanol–water partition coefficient (Wildman–Crippen LogP) is 3.83. The van der Waals surface area contributed by atoms with Crippen LogP contribution >= 0.6 is 0 Å². The molecule has 1 heterocycles. The highest BCUT2D eigenvalue weighted by atomic mass is 16.2. The molecule has 1 atom stereocenters. The van der Waals surface area contributed by atoms with Crippen molar-refractivity contribution < 1.29 is 9.59 Å². The van der Waals surface area contributed by atoms with Crippen molar-refractivity contribution in [1.29, 1.82) is 0 Å². The van der Waals surface area contributed by atoms with E-state index in [4.69, 9.17) is 0 Å². The van der Waals surface area contributed by atoms with Crippen molar-refractivity contribution >= 4 is 23.3 Å². The van der Waals surface area contributed by atoms with Crippen LogP contribution < -0.4 is 16.0 Å². The Bertz CT molecular complexity index is 606. The first kappa shape index (κ1) is 15.8. The van der Waals surface area contributed by atoms with E-state index in [0.29, 0.717) is 0 Å². The fourth-order valence-corrected chi connectivity index (χ4v) is 3.62. The Morgan fingerprint density at radius 2 is 1.96 bits per heavy atom. The summed E-state index contributed by atoms with van der Waals surface area (Å²) in [6.45, 7) is 4.07. The molecule has 3 N–H and O–H groups in total. The van der Waals surface area contributed by atoms with Gasteiger partial charge in [-0.05, 0) is 42.5 Å². The van der Waals surface area contributed by atoms with Crippen LogP contribution in [0.4, 0.5) is 16.2 Å². The molecular formula is C18H25N3O2. The van der Waals surface area contributed by atoms with E-state index < -0.39 is 0 Å². The van der Waals surface area contributed by atoms with Crippen LogP contribution in [-0.2, 0) is 4.79 Å². The molecule has 1 aliphatic heterocycles. The van der Waals surface area contributed by atoms with Crippen molar-refractivity contribution in [1.82, 2.24) is 5.32 Å². The predicted molar refractivity (Wildman–Crippen MR) is 91.7 cm³/mol. The van der Waals surface area contributed by atoms with Crippen molar-refractivity contribution in [3.63, 3.8) is 0 Å². The van der Waals surface area contributed by atoms with Gasteiger partial charge in [0, 0.05) is 17.4 Å². The first-order valence-electron chi connectivity index (χ1n) is 8.57. The molecule has 2 aliphatic rings. The highest BCUT2D eigenvalue weighted by Gasteiger charge is 2.33. The molecule has 0 saturated heterocycles. The molecule has 1 fully saturated rings. The monoisotopic (exact) mass is 315 g/mol. The zero-order chi connectivity index (χ0) is 16.4. The molecular weight excluding hydrogens is 290 g/mol. The third kappa shape index (κ3) is 3.49. The van der Waals surface area contributed by atoms with Gasteiger partial charge >= 0.3 is 6.03 Å². The molecule has 5 nitrogen and oxygen atoms in total. The van der Waals surface area contributed by atoms with E-state index in [1.54, 1.807) is 0 Å². The summed E-state index contributed by atoms with van der Waals surface area (Å²) in [6.07, 6.45) is 5.76. The highest BCUT2D eigenvalue weighted by Crippen LogP contribution is 2.38. The molecule has 1 aromatic carbocycles. The zero-order valence-corrected chi connectivity index (χ0v) is 13.8. The number of fused-ring (bicyclic) bond motifs is 1. The van der Waals surface area contributed by atoms with Crippen molar-refractivity contribution in [2.45, 2.75) is 57.9 Å². The van der Waals surface area contributed by atoms with Gasteiger partial charge < -0.3 is 16.0 Å². The number of carbonyl (C=O) groups excluding carboxylic acids is 2. The molecule has 1 aliphatic carbocycles. The summed E-state index contributed by atoms with van der Waals surface area (Å²) in [7, 11) is 0. The quantitative estimate of drug-likeness (QED) is 0.793. The fraction of sp³-hybridized carbons (Fsp3) is 0.556. The first-order valence-corrected chi connectivity index (χ1v) is 8.57. The molecule has 3 amide bonds. The third-order valence-electron chi connectivity index (χ3n) is 4.79. The van der Waals surface area contributed by atoms with E-state index in [2.05, 4.69) is 16.0 Å². The number of anilines is 2. The number of benzene rings is 1.